The summed E-state index contributed by atoms with van der Waals surface area (Å²) >= 11 is 1.45. The summed E-state index contributed by atoms with van der Waals surface area (Å²) in [5.41, 5.74) is -0.549. The second-order valence-electron chi connectivity index (χ2n) is 4.58. The lowest BCUT2D eigenvalue weighted by molar-refractivity contribution is -0.139. The second-order valence-corrected chi connectivity index (χ2v) is 5.53. The molecular weight excluding hydrogens is 236 g/mol. The lowest BCUT2D eigenvalue weighted by Crippen LogP contribution is -2.53. The number of ketones is 2. The molecule has 1 aliphatic carbocycles. The van der Waals surface area contributed by atoms with Gasteiger partial charge in [0, 0.05) is 13.5 Å². The monoisotopic (exact) mass is 252 g/mol. The van der Waals surface area contributed by atoms with Gasteiger partial charge in [-0.1, -0.05) is 6.07 Å². The van der Waals surface area contributed by atoms with Gasteiger partial charge in [0.2, 0.25) is 0 Å². The molecule has 1 fully saturated rings. The van der Waals surface area contributed by atoms with Gasteiger partial charge in [-0.15, -0.1) is 11.3 Å². The third-order valence-electron chi connectivity index (χ3n) is 3.53. The number of carbonyl (C=O) groups is 2. The molecule has 0 aromatic carbocycles. The zero-order valence-corrected chi connectivity index (χ0v) is 10.9. The van der Waals surface area contributed by atoms with E-state index >= 15 is 0 Å². The smallest absolute Gasteiger partial charge is 0.178 e. The standard InChI is InChI=1S/C13H16O3S/c1-9(14)8-13(16-2)6-5-10(13)12(15)11-4-3-7-17-11/h3-4,7,10H,5-6,8H2,1-2H3. The van der Waals surface area contributed by atoms with Gasteiger partial charge in [-0.25, -0.2) is 0 Å². The van der Waals surface area contributed by atoms with Crippen LogP contribution >= 0.6 is 11.3 Å². The number of carbonyl (C=O) groups excluding carboxylic acids is 2. The van der Waals surface area contributed by atoms with Crippen LogP contribution in [0.3, 0.4) is 0 Å². The molecule has 4 heteroatoms. The van der Waals surface area contributed by atoms with Gasteiger partial charge in [-0.3, -0.25) is 9.59 Å². The Morgan fingerprint density at radius 2 is 2.35 bits per heavy atom. The number of rotatable bonds is 5. The van der Waals surface area contributed by atoms with E-state index in [1.54, 1.807) is 14.0 Å². The molecule has 0 bridgehead atoms. The lowest BCUT2D eigenvalue weighted by Gasteiger charge is -2.47. The molecule has 0 radical (unpaired) electrons. The number of thiophene rings is 1. The van der Waals surface area contributed by atoms with Crippen molar-refractivity contribution in [2.75, 3.05) is 7.11 Å². The maximum absolute atomic E-state index is 12.3. The Kier molecular flexibility index (Phi) is 3.45. The molecule has 1 heterocycles. The van der Waals surface area contributed by atoms with Gasteiger partial charge < -0.3 is 4.74 Å². The van der Waals surface area contributed by atoms with Crippen molar-refractivity contribution in [3.8, 4) is 0 Å². The summed E-state index contributed by atoms with van der Waals surface area (Å²) in [4.78, 5) is 24.3. The first-order chi connectivity index (χ1) is 8.09. The Labute approximate surface area is 105 Å². The van der Waals surface area contributed by atoms with Gasteiger partial charge in [0.25, 0.3) is 0 Å². The van der Waals surface area contributed by atoms with Crippen molar-refractivity contribution in [2.45, 2.75) is 31.8 Å². The highest BCUT2D eigenvalue weighted by molar-refractivity contribution is 7.12. The van der Waals surface area contributed by atoms with E-state index in [1.165, 1.54) is 11.3 Å². The summed E-state index contributed by atoms with van der Waals surface area (Å²) in [6.07, 6.45) is 1.95. The van der Waals surface area contributed by atoms with Crippen molar-refractivity contribution in [3.63, 3.8) is 0 Å². The fourth-order valence-electron chi connectivity index (χ4n) is 2.52. The Bertz CT molecular complexity index is 420. The molecule has 1 saturated carbocycles. The van der Waals surface area contributed by atoms with Crippen molar-refractivity contribution in [2.24, 2.45) is 5.92 Å². The van der Waals surface area contributed by atoms with Gasteiger partial charge in [0.1, 0.15) is 5.78 Å². The summed E-state index contributed by atoms with van der Waals surface area (Å²) in [7, 11) is 1.59. The van der Waals surface area contributed by atoms with Crippen LogP contribution in [-0.2, 0) is 9.53 Å². The van der Waals surface area contributed by atoms with Gasteiger partial charge in [0.05, 0.1) is 16.4 Å². The molecule has 0 N–H and O–H groups in total. The third-order valence-corrected chi connectivity index (χ3v) is 4.41. The van der Waals surface area contributed by atoms with Crippen LogP contribution in [0, 0.1) is 5.92 Å². The van der Waals surface area contributed by atoms with E-state index in [0.29, 0.717) is 6.42 Å². The second kappa shape index (κ2) is 4.70. The van der Waals surface area contributed by atoms with E-state index in [9.17, 15) is 9.59 Å². The minimum absolute atomic E-state index is 0.0792. The molecule has 1 aliphatic rings. The summed E-state index contributed by atoms with van der Waals surface area (Å²) in [6.45, 7) is 1.55. The predicted molar refractivity (Wildman–Crippen MR) is 66.4 cm³/mol. The number of Topliss-reactive ketones (excluding diaryl/α,β-unsaturated/α-hetero) is 2. The van der Waals surface area contributed by atoms with E-state index < -0.39 is 5.60 Å². The molecule has 0 aliphatic heterocycles. The molecular formula is C13H16O3S. The van der Waals surface area contributed by atoms with Gasteiger partial charge >= 0.3 is 0 Å². The molecule has 2 rings (SSSR count). The quantitative estimate of drug-likeness (QED) is 0.757. The first-order valence-electron chi connectivity index (χ1n) is 5.71. The van der Waals surface area contributed by atoms with Crippen LogP contribution in [0.2, 0.25) is 0 Å². The first kappa shape index (κ1) is 12.5. The van der Waals surface area contributed by atoms with Crippen molar-refractivity contribution >= 4 is 22.9 Å². The van der Waals surface area contributed by atoms with Crippen LogP contribution in [0.1, 0.15) is 35.9 Å². The van der Waals surface area contributed by atoms with E-state index in [1.807, 2.05) is 17.5 Å². The molecule has 1 aromatic heterocycles. The molecule has 2 unspecified atom stereocenters. The molecule has 1 aromatic rings. The normalized spacial score (nSPS) is 27.5. The third kappa shape index (κ3) is 2.19. The van der Waals surface area contributed by atoms with E-state index in [0.717, 1.165) is 17.7 Å². The van der Waals surface area contributed by atoms with Crippen molar-refractivity contribution in [1.82, 2.24) is 0 Å². The van der Waals surface area contributed by atoms with Crippen LogP contribution in [0.5, 0.6) is 0 Å². The van der Waals surface area contributed by atoms with E-state index in [-0.39, 0.29) is 17.5 Å². The molecule has 3 nitrogen and oxygen atoms in total. The topological polar surface area (TPSA) is 43.4 Å². The average molecular weight is 252 g/mol. The summed E-state index contributed by atoms with van der Waals surface area (Å²) in [5.74, 6) is 0.0416. The number of hydrogen-bond acceptors (Lipinski definition) is 4. The Hall–Kier alpha value is -1.000. The van der Waals surface area contributed by atoms with Crippen molar-refractivity contribution in [1.29, 1.82) is 0 Å². The zero-order valence-electron chi connectivity index (χ0n) is 10.1. The summed E-state index contributed by atoms with van der Waals surface area (Å²) in [5, 5.41) is 1.89. The zero-order chi connectivity index (χ0) is 12.5. The number of hydrogen-bond donors (Lipinski definition) is 0. The highest BCUT2D eigenvalue weighted by atomic mass is 32.1. The summed E-state index contributed by atoms with van der Waals surface area (Å²) < 4.78 is 5.48. The van der Waals surface area contributed by atoms with Crippen LogP contribution < -0.4 is 0 Å². The molecule has 92 valence electrons. The highest BCUT2D eigenvalue weighted by Crippen LogP contribution is 2.46. The maximum Gasteiger partial charge on any atom is 0.178 e. The van der Waals surface area contributed by atoms with Crippen LogP contribution in [-0.4, -0.2) is 24.3 Å². The lowest BCUT2D eigenvalue weighted by atomic mass is 9.64. The fraction of sp³-hybridized carbons (Fsp3) is 0.538. The average Bonchev–Trinajstić information content (AvgIpc) is 2.77. The van der Waals surface area contributed by atoms with E-state index in [4.69, 9.17) is 4.74 Å². The van der Waals surface area contributed by atoms with E-state index in [2.05, 4.69) is 0 Å². The predicted octanol–water partition coefficient (Wildman–Crippen LogP) is 2.71. The Balaban J connectivity index is 2.16. The van der Waals surface area contributed by atoms with Crippen LogP contribution in [0.4, 0.5) is 0 Å². The molecule has 17 heavy (non-hydrogen) atoms. The van der Waals surface area contributed by atoms with Gasteiger partial charge in [-0.05, 0) is 31.2 Å². The first-order valence-corrected chi connectivity index (χ1v) is 6.59. The van der Waals surface area contributed by atoms with Crippen LogP contribution in [0.25, 0.3) is 0 Å². The van der Waals surface area contributed by atoms with Crippen LogP contribution in [0.15, 0.2) is 17.5 Å². The number of ether oxygens (including phenoxy) is 1. The molecule has 0 spiro atoms. The largest absolute Gasteiger partial charge is 0.377 e. The fourth-order valence-corrected chi connectivity index (χ4v) is 3.24. The summed E-state index contributed by atoms with van der Waals surface area (Å²) in [6, 6.07) is 3.70. The van der Waals surface area contributed by atoms with Crippen molar-refractivity contribution in [3.05, 3.63) is 22.4 Å². The maximum atomic E-state index is 12.3. The minimum Gasteiger partial charge on any atom is -0.377 e. The number of methoxy groups -OCH3 is 1. The highest BCUT2D eigenvalue weighted by Gasteiger charge is 2.51. The Morgan fingerprint density at radius 1 is 1.59 bits per heavy atom. The molecule has 0 saturated heterocycles. The molecule has 2 atom stereocenters. The Morgan fingerprint density at radius 3 is 2.76 bits per heavy atom. The van der Waals surface area contributed by atoms with Crippen molar-refractivity contribution < 1.29 is 14.3 Å². The van der Waals surface area contributed by atoms with Gasteiger partial charge in [0.15, 0.2) is 5.78 Å². The SMILES string of the molecule is COC1(CC(C)=O)CCC1C(=O)c1cccs1. The van der Waals surface area contributed by atoms with Gasteiger partial charge in [-0.2, -0.15) is 0 Å². The minimum atomic E-state index is -0.549. The molecule has 0 amide bonds.